The molecule has 3 nitrogen and oxygen atoms in total. The Bertz CT molecular complexity index is 485. The number of aromatic nitrogens is 2. The van der Waals surface area contributed by atoms with E-state index in [4.69, 9.17) is 12.2 Å². The smallest absolute Gasteiger partial charge is 0.268 e. The van der Waals surface area contributed by atoms with Crippen molar-refractivity contribution in [3.8, 4) is 0 Å². The van der Waals surface area contributed by atoms with Crippen molar-refractivity contribution >= 4 is 39.1 Å². The molecule has 0 fully saturated rings. The van der Waals surface area contributed by atoms with Gasteiger partial charge >= 0.3 is 0 Å². The van der Waals surface area contributed by atoms with Crippen LogP contribution in [-0.4, -0.2) is 15.3 Å². The molecular weight excluding hydrogens is 192 g/mol. The molecule has 0 unspecified atom stereocenters. The zero-order valence-corrected chi connectivity index (χ0v) is 7.54. The van der Waals surface area contributed by atoms with Crippen LogP contribution in [0.5, 0.6) is 0 Å². The summed E-state index contributed by atoms with van der Waals surface area (Å²) in [5, 5.41) is 1.55. The highest BCUT2D eigenvalue weighted by molar-refractivity contribution is 7.79. The minimum absolute atomic E-state index is 0.104. The summed E-state index contributed by atoms with van der Waals surface area (Å²) >= 11 is 6.11. The average Bonchev–Trinajstić information content (AvgIpc) is 2.49. The van der Waals surface area contributed by atoms with E-state index < -0.39 is 0 Å². The molecule has 0 bridgehead atoms. The van der Waals surface area contributed by atoms with Crippen LogP contribution in [-0.2, 0) is 0 Å². The van der Waals surface area contributed by atoms with Gasteiger partial charge in [0.2, 0.25) is 0 Å². The van der Waals surface area contributed by atoms with Gasteiger partial charge in [-0.15, -0.1) is 11.3 Å². The van der Waals surface area contributed by atoms with Gasteiger partial charge in [-0.25, -0.2) is 4.98 Å². The van der Waals surface area contributed by atoms with Crippen molar-refractivity contribution in [3.63, 3.8) is 0 Å². The van der Waals surface area contributed by atoms with E-state index in [1.807, 2.05) is 6.07 Å². The Kier molecular flexibility index (Phi) is 1.74. The zero-order chi connectivity index (χ0) is 8.55. The first kappa shape index (κ1) is 7.57. The molecule has 0 atom stereocenters. The van der Waals surface area contributed by atoms with Gasteiger partial charge in [0.15, 0.2) is 0 Å². The molecule has 0 spiro atoms. The second-order valence-corrected chi connectivity index (χ2v) is 3.53. The largest absolute Gasteiger partial charge is 0.312 e. The van der Waals surface area contributed by atoms with E-state index in [-0.39, 0.29) is 5.56 Å². The number of H-pyrrole nitrogens is 1. The van der Waals surface area contributed by atoms with Gasteiger partial charge < -0.3 is 4.98 Å². The van der Waals surface area contributed by atoms with Gasteiger partial charge in [-0.1, -0.05) is 12.2 Å². The Balaban J connectivity index is 2.92. The Morgan fingerprint density at radius 2 is 2.50 bits per heavy atom. The van der Waals surface area contributed by atoms with Crippen LogP contribution in [0.1, 0.15) is 4.88 Å². The molecule has 2 rings (SSSR count). The maximum absolute atomic E-state index is 11.2. The van der Waals surface area contributed by atoms with Crippen LogP contribution in [0, 0.1) is 0 Å². The summed E-state index contributed by atoms with van der Waals surface area (Å²) in [6.07, 6.45) is 1.39. The first-order chi connectivity index (χ1) is 5.81. The van der Waals surface area contributed by atoms with Crippen molar-refractivity contribution in [2.24, 2.45) is 0 Å². The minimum atomic E-state index is -0.104. The third-order valence-corrected chi connectivity index (χ3v) is 2.93. The van der Waals surface area contributed by atoms with Crippen LogP contribution in [0.4, 0.5) is 0 Å². The van der Waals surface area contributed by atoms with Gasteiger partial charge in [0.25, 0.3) is 5.56 Å². The number of thiocarbonyl (C=S) groups is 1. The highest BCUT2D eigenvalue weighted by atomic mass is 32.1. The van der Waals surface area contributed by atoms with Crippen LogP contribution in [0.15, 0.2) is 17.2 Å². The topological polar surface area (TPSA) is 45.8 Å². The van der Waals surface area contributed by atoms with Gasteiger partial charge in [-0.3, -0.25) is 4.79 Å². The van der Waals surface area contributed by atoms with Crippen molar-refractivity contribution < 1.29 is 0 Å². The van der Waals surface area contributed by atoms with Crippen LogP contribution >= 0.6 is 23.6 Å². The first-order valence-electron chi connectivity index (χ1n) is 3.23. The fourth-order valence-electron chi connectivity index (χ4n) is 0.943. The number of thiophene rings is 1. The number of rotatable bonds is 1. The van der Waals surface area contributed by atoms with E-state index in [9.17, 15) is 4.79 Å². The van der Waals surface area contributed by atoms with Crippen molar-refractivity contribution in [2.75, 3.05) is 0 Å². The number of nitrogens with one attached hydrogen (secondary N) is 1. The third kappa shape index (κ3) is 1.07. The molecule has 60 valence electrons. The third-order valence-electron chi connectivity index (χ3n) is 1.45. The van der Waals surface area contributed by atoms with E-state index >= 15 is 0 Å². The van der Waals surface area contributed by atoms with Crippen molar-refractivity contribution in [1.82, 2.24) is 9.97 Å². The molecular formula is C7H4N2OS2. The molecule has 0 aliphatic carbocycles. The highest BCUT2D eigenvalue weighted by Crippen LogP contribution is 2.18. The maximum atomic E-state index is 11.2. The van der Waals surface area contributed by atoms with Gasteiger partial charge in [0, 0.05) is 10.2 Å². The predicted molar refractivity (Wildman–Crippen MR) is 53.0 cm³/mol. The van der Waals surface area contributed by atoms with Gasteiger partial charge in [0.1, 0.15) is 4.70 Å². The first-order valence-corrected chi connectivity index (χ1v) is 4.52. The fraction of sp³-hybridized carbons (Fsp3) is 0. The monoisotopic (exact) mass is 196 g/mol. The summed E-state index contributed by atoms with van der Waals surface area (Å²) in [7, 11) is 0. The van der Waals surface area contributed by atoms with E-state index in [2.05, 4.69) is 9.97 Å². The lowest BCUT2D eigenvalue weighted by Gasteiger charge is -1.82. The molecule has 1 N–H and O–H groups in total. The van der Waals surface area contributed by atoms with Crippen LogP contribution in [0.3, 0.4) is 0 Å². The zero-order valence-electron chi connectivity index (χ0n) is 5.90. The Hall–Kier alpha value is -1.07. The molecule has 0 aliphatic rings. The molecule has 0 saturated heterocycles. The molecule has 0 saturated carbocycles. The molecule has 0 aromatic carbocycles. The summed E-state index contributed by atoms with van der Waals surface area (Å²) in [5.41, 5.74) is 0.605. The van der Waals surface area contributed by atoms with E-state index in [1.165, 1.54) is 17.7 Å². The van der Waals surface area contributed by atoms with E-state index in [0.717, 1.165) is 4.88 Å². The number of hydrogen-bond donors (Lipinski definition) is 1. The van der Waals surface area contributed by atoms with Gasteiger partial charge in [-0.05, 0) is 6.07 Å². The molecule has 5 heteroatoms. The van der Waals surface area contributed by atoms with Crippen molar-refractivity contribution in [3.05, 3.63) is 27.6 Å². The van der Waals surface area contributed by atoms with Crippen LogP contribution in [0.2, 0.25) is 0 Å². The summed E-state index contributed by atoms with van der Waals surface area (Å²) in [6, 6.07) is 1.81. The quantitative estimate of drug-likeness (QED) is 0.700. The van der Waals surface area contributed by atoms with Crippen LogP contribution in [0.25, 0.3) is 10.2 Å². The Morgan fingerprint density at radius 1 is 1.67 bits per heavy atom. The molecule has 12 heavy (non-hydrogen) atoms. The standard InChI is InChI=1S/C7H4N2OS2/c10-7-6-5(8-3-9-7)1-4(2-11)12-6/h1-3H,(H,8,9,10). The number of hydrogen-bond acceptors (Lipinski definition) is 4. The summed E-state index contributed by atoms with van der Waals surface area (Å²) in [4.78, 5) is 18.6. The van der Waals surface area contributed by atoms with Crippen molar-refractivity contribution in [2.45, 2.75) is 0 Å². The predicted octanol–water partition coefficient (Wildman–Crippen LogP) is 1.33. The molecule has 2 aromatic heterocycles. The lowest BCUT2D eigenvalue weighted by molar-refractivity contribution is 1.18. The lowest BCUT2D eigenvalue weighted by Crippen LogP contribution is -2.02. The van der Waals surface area contributed by atoms with E-state index in [1.54, 1.807) is 5.37 Å². The summed E-state index contributed by atoms with van der Waals surface area (Å²) in [6.45, 7) is 0. The number of nitrogens with zero attached hydrogens (tertiary/aromatic N) is 1. The molecule has 0 radical (unpaired) electrons. The van der Waals surface area contributed by atoms with E-state index in [0.29, 0.717) is 10.2 Å². The molecule has 2 heterocycles. The fourth-order valence-corrected chi connectivity index (χ4v) is 1.98. The van der Waals surface area contributed by atoms with Crippen LogP contribution < -0.4 is 5.56 Å². The Labute approximate surface area is 77.1 Å². The van der Waals surface area contributed by atoms with Gasteiger partial charge in [-0.2, -0.15) is 0 Å². The minimum Gasteiger partial charge on any atom is -0.312 e. The maximum Gasteiger partial charge on any atom is 0.268 e. The highest BCUT2D eigenvalue weighted by Gasteiger charge is 2.02. The second kappa shape index (κ2) is 2.76. The summed E-state index contributed by atoms with van der Waals surface area (Å²) < 4.78 is 0.633. The Morgan fingerprint density at radius 3 is 3.17 bits per heavy atom. The summed E-state index contributed by atoms with van der Waals surface area (Å²) in [5.74, 6) is 0. The normalized spacial score (nSPS) is 10.3. The lowest BCUT2D eigenvalue weighted by atomic mass is 10.4. The number of aromatic amines is 1. The van der Waals surface area contributed by atoms with Crippen molar-refractivity contribution in [1.29, 1.82) is 0 Å². The second-order valence-electron chi connectivity index (χ2n) is 2.21. The average molecular weight is 196 g/mol. The molecule has 0 amide bonds. The molecule has 0 aliphatic heterocycles. The molecule has 2 aromatic rings. The number of fused-ring (bicyclic) bond motifs is 1. The van der Waals surface area contributed by atoms with Gasteiger partial charge in [0.05, 0.1) is 11.8 Å². The SMILES string of the molecule is O=c1[nH]cnc2cc(C=S)sc12.